The fourth-order valence-corrected chi connectivity index (χ4v) is 2.42. The van der Waals surface area contributed by atoms with Crippen LogP contribution in [0.25, 0.3) is 0 Å². The van der Waals surface area contributed by atoms with Crippen LogP contribution in [0.1, 0.15) is 38.5 Å². The predicted octanol–water partition coefficient (Wildman–Crippen LogP) is 1.93. The van der Waals surface area contributed by atoms with E-state index in [9.17, 15) is 10.2 Å². The molecular weight excluding hydrogens is 176 g/mol. The van der Waals surface area contributed by atoms with Gasteiger partial charge in [-0.15, -0.1) is 0 Å². The first kappa shape index (κ1) is 9.94. The van der Waals surface area contributed by atoms with Crippen molar-refractivity contribution in [1.29, 1.82) is 0 Å². The van der Waals surface area contributed by atoms with Crippen molar-refractivity contribution in [3.05, 3.63) is 24.3 Å². The van der Waals surface area contributed by atoms with Gasteiger partial charge < -0.3 is 10.2 Å². The number of hydrogen-bond donors (Lipinski definition) is 2. The zero-order valence-electron chi connectivity index (χ0n) is 8.45. The van der Waals surface area contributed by atoms with Gasteiger partial charge >= 0.3 is 0 Å². The average Bonchev–Trinajstić information content (AvgIpc) is 2.20. The van der Waals surface area contributed by atoms with E-state index >= 15 is 0 Å². The Kier molecular flexibility index (Phi) is 2.50. The normalized spacial score (nSPS) is 42.7. The highest BCUT2D eigenvalue weighted by molar-refractivity contribution is 5.23. The molecule has 0 aromatic carbocycles. The molecule has 0 aromatic heterocycles. The zero-order chi connectivity index (χ0) is 10.1. The van der Waals surface area contributed by atoms with Gasteiger partial charge in [0.05, 0.1) is 0 Å². The second kappa shape index (κ2) is 3.52. The monoisotopic (exact) mass is 194 g/mol. The van der Waals surface area contributed by atoms with Gasteiger partial charge in [-0.3, -0.25) is 0 Å². The van der Waals surface area contributed by atoms with Crippen molar-refractivity contribution in [2.45, 2.75) is 49.7 Å². The lowest BCUT2D eigenvalue weighted by Gasteiger charge is -2.43. The Morgan fingerprint density at radius 2 is 1.21 bits per heavy atom. The van der Waals surface area contributed by atoms with Crippen molar-refractivity contribution in [2.24, 2.45) is 0 Å². The summed E-state index contributed by atoms with van der Waals surface area (Å²) < 4.78 is 0. The summed E-state index contributed by atoms with van der Waals surface area (Å²) in [6.45, 7) is 0. The van der Waals surface area contributed by atoms with Crippen molar-refractivity contribution in [1.82, 2.24) is 0 Å². The third-order valence-corrected chi connectivity index (χ3v) is 3.39. The van der Waals surface area contributed by atoms with Gasteiger partial charge in [0.15, 0.2) is 0 Å². The second-order valence-electron chi connectivity index (χ2n) is 4.44. The minimum Gasteiger partial charge on any atom is -0.382 e. The van der Waals surface area contributed by atoms with E-state index in [1.807, 2.05) is 12.2 Å². The Bertz CT molecular complexity index is 241. The van der Waals surface area contributed by atoms with E-state index in [-0.39, 0.29) is 0 Å². The molecule has 14 heavy (non-hydrogen) atoms. The molecule has 0 spiro atoms. The maximum absolute atomic E-state index is 10.4. The first-order valence-electron chi connectivity index (χ1n) is 5.46. The molecule has 2 atom stereocenters. The summed E-state index contributed by atoms with van der Waals surface area (Å²) in [6.07, 6.45) is 12.8. The van der Waals surface area contributed by atoms with Gasteiger partial charge in [0, 0.05) is 0 Å². The van der Waals surface area contributed by atoms with Crippen molar-refractivity contribution in [3.63, 3.8) is 0 Å². The van der Waals surface area contributed by atoms with E-state index in [0.717, 1.165) is 25.7 Å². The Morgan fingerprint density at radius 3 is 1.50 bits per heavy atom. The first-order chi connectivity index (χ1) is 6.66. The van der Waals surface area contributed by atoms with Gasteiger partial charge in [-0.25, -0.2) is 0 Å². The number of rotatable bonds is 1. The molecule has 0 heterocycles. The molecule has 0 bridgehead atoms. The largest absolute Gasteiger partial charge is 0.382 e. The lowest BCUT2D eigenvalue weighted by Crippen LogP contribution is -2.53. The van der Waals surface area contributed by atoms with Crippen LogP contribution in [0.15, 0.2) is 24.3 Å². The third-order valence-electron chi connectivity index (χ3n) is 3.39. The summed E-state index contributed by atoms with van der Waals surface area (Å²) >= 11 is 0. The quantitative estimate of drug-likeness (QED) is 0.626. The fourth-order valence-electron chi connectivity index (χ4n) is 2.42. The minimum absolute atomic E-state index is 0.671. The van der Waals surface area contributed by atoms with Gasteiger partial charge in [0.25, 0.3) is 0 Å². The summed E-state index contributed by atoms with van der Waals surface area (Å²) in [7, 11) is 0. The van der Waals surface area contributed by atoms with Gasteiger partial charge in [0.1, 0.15) is 11.2 Å². The van der Waals surface area contributed by atoms with E-state index in [1.165, 1.54) is 0 Å². The molecule has 0 saturated carbocycles. The van der Waals surface area contributed by atoms with Crippen LogP contribution in [0.5, 0.6) is 0 Å². The molecule has 2 unspecified atom stereocenters. The van der Waals surface area contributed by atoms with Crippen molar-refractivity contribution in [3.8, 4) is 0 Å². The molecule has 2 aliphatic rings. The Morgan fingerprint density at radius 1 is 0.786 bits per heavy atom. The van der Waals surface area contributed by atoms with Crippen LogP contribution >= 0.6 is 0 Å². The fraction of sp³-hybridized carbons (Fsp3) is 0.667. The van der Waals surface area contributed by atoms with Crippen LogP contribution < -0.4 is 0 Å². The average molecular weight is 194 g/mol. The molecule has 2 rings (SSSR count). The first-order valence-corrected chi connectivity index (χ1v) is 5.46. The molecule has 0 amide bonds. The standard InChI is InChI=1S/C12H18O2/c13-11(7-3-1-4-8-11)12(14)9-5-2-6-10-12/h3,5,7,9,13-14H,1-2,4,6,8,10H2. The number of hydrogen-bond acceptors (Lipinski definition) is 2. The highest BCUT2D eigenvalue weighted by Gasteiger charge is 2.46. The highest BCUT2D eigenvalue weighted by atomic mass is 16.4. The van der Waals surface area contributed by atoms with Crippen LogP contribution in [-0.4, -0.2) is 21.4 Å². The zero-order valence-corrected chi connectivity index (χ0v) is 8.45. The second-order valence-corrected chi connectivity index (χ2v) is 4.44. The van der Waals surface area contributed by atoms with Crippen LogP contribution in [-0.2, 0) is 0 Å². The Labute approximate surface area is 85.0 Å². The molecule has 2 N–H and O–H groups in total. The molecule has 0 aliphatic heterocycles. The van der Waals surface area contributed by atoms with Crippen molar-refractivity contribution >= 4 is 0 Å². The summed E-state index contributed by atoms with van der Waals surface area (Å²) in [5, 5.41) is 20.7. The molecule has 2 nitrogen and oxygen atoms in total. The van der Waals surface area contributed by atoms with Crippen molar-refractivity contribution < 1.29 is 10.2 Å². The summed E-state index contributed by atoms with van der Waals surface area (Å²) in [4.78, 5) is 0. The predicted molar refractivity (Wildman–Crippen MR) is 55.9 cm³/mol. The third kappa shape index (κ3) is 1.53. The molecule has 2 heteroatoms. The minimum atomic E-state index is -1.03. The highest BCUT2D eigenvalue weighted by Crippen LogP contribution is 2.38. The van der Waals surface area contributed by atoms with E-state index in [0.29, 0.717) is 12.8 Å². The number of aliphatic hydroxyl groups is 2. The topological polar surface area (TPSA) is 40.5 Å². The molecule has 0 aromatic rings. The maximum atomic E-state index is 10.4. The molecule has 0 saturated heterocycles. The lowest BCUT2D eigenvalue weighted by molar-refractivity contribution is -0.106. The van der Waals surface area contributed by atoms with E-state index in [4.69, 9.17) is 0 Å². The SMILES string of the molecule is OC1(C2(O)C=CCCC2)C=CCCC1. The van der Waals surface area contributed by atoms with Crippen LogP contribution in [0.3, 0.4) is 0 Å². The molecule has 0 radical (unpaired) electrons. The van der Waals surface area contributed by atoms with E-state index in [1.54, 1.807) is 12.2 Å². The van der Waals surface area contributed by atoms with Gasteiger partial charge in [-0.05, 0) is 38.5 Å². The molecule has 78 valence electrons. The Hall–Kier alpha value is -0.600. The number of allylic oxidation sites excluding steroid dienone is 2. The van der Waals surface area contributed by atoms with Crippen molar-refractivity contribution in [2.75, 3.05) is 0 Å². The lowest BCUT2D eigenvalue weighted by atomic mass is 9.72. The van der Waals surface area contributed by atoms with Crippen LogP contribution in [0.4, 0.5) is 0 Å². The Balaban J connectivity index is 2.26. The van der Waals surface area contributed by atoms with Gasteiger partial charge in [-0.1, -0.05) is 24.3 Å². The van der Waals surface area contributed by atoms with E-state index < -0.39 is 11.2 Å². The van der Waals surface area contributed by atoms with Gasteiger partial charge in [0.2, 0.25) is 0 Å². The smallest absolute Gasteiger partial charge is 0.115 e. The maximum Gasteiger partial charge on any atom is 0.115 e. The van der Waals surface area contributed by atoms with Crippen LogP contribution in [0.2, 0.25) is 0 Å². The summed E-state index contributed by atoms with van der Waals surface area (Å²) in [5.41, 5.74) is -2.05. The molecular formula is C12H18O2. The van der Waals surface area contributed by atoms with E-state index in [2.05, 4.69) is 0 Å². The molecule has 2 aliphatic carbocycles. The summed E-state index contributed by atoms with van der Waals surface area (Å²) in [5.74, 6) is 0. The molecule has 0 fully saturated rings. The van der Waals surface area contributed by atoms with Crippen LogP contribution in [0, 0.1) is 0 Å². The summed E-state index contributed by atoms with van der Waals surface area (Å²) in [6, 6.07) is 0. The van der Waals surface area contributed by atoms with Gasteiger partial charge in [-0.2, -0.15) is 0 Å².